The van der Waals surface area contributed by atoms with E-state index in [0.717, 1.165) is 10.9 Å². The second kappa shape index (κ2) is 7.11. The van der Waals surface area contributed by atoms with Crippen molar-refractivity contribution in [1.29, 1.82) is 0 Å². The number of nitrogens with one attached hydrogen (secondary N) is 1. The van der Waals surface area contributed by atoms with Crippen LogP contribution in [0.1, 0.15) is 5.56 Å². The number of hydrogen-bond donors (Lipinski definition) is 1. The number of benzene rings is 2. The van der Waals surface area contributed by atoms with Crippen molar-refractivity contribution in [2.75, 3.05) is 6.61 Å². The van der Waals surface area contributed by atoms with Gasteiger partial charge in [-0.1, -0.05) is 41.9 Å². The number of rotatable bonds is 5. The molecule has 0 fully saturated rings. The molecular formula is C18H15ClN2O2. The molecule has 0 unspecified atom stereocenters. The van der Waals surface area contributed by atoms with Gasteiger partial charge in [0.15, 0.2) is 6.61 Å². The topological polar surface area (TPSA) is 51.2 Å². The predicted molar refractivity (Wildman–Crippen MR) is 90.5 cm³/mol. The predicted octanol–water partition coefficient (Wildman–Crippen LogP) is 3.58. The molecule has 2 aromatic carbocycles. The molecule has 5 heteroatoms. The first-order valence-corrected chi connectivity index (χ1v) is 7.58. The molecule has 0 bridgehead atoms. The summed E-state index contributed by atoms with van der Waals surface area (Å²) in [5.41, 5.74) is 1.69. The second-order valence-electron chi connectivity index (χ2n) is 5.00. The zero-order valence-corrected chi connectivity index (χ0v) is 13.1. The monoisotopic (exact) mass is 326 g/mol. The van der Waals surface area contributed by atoms with Crippen LogP contribution in [0.2, 0.25) is 5.02 Å². The summed E-state index contributed by atoms with van der Waals surface area (Å²) in [7, 11) is 0. The molecule has 4 nitrogen and oxygen atoms in total. The largest absolute Gasteiger partial charge is 0.481 e. The number of hydrogen-bond acceptors (Lipinski definition) is 3. The molecule has 0 aliphatic heterocycles. The van der Waals surface area contributed by atoms with Crippen molar-refractivity contribution in [3.05, 3.63) is 71.4 Å². The van der Waals surface area contributed by atoms with Crippen LogP contribution in [-0.4, -0.2) is 17.5 Å². The third kappa shape index (κ3) is 3.79. The van der Waals surface area contributed by atoms with Gasteiger partial charge in [-0.15, -0.1) is 0 Å². The van der Waals surface area contributed by atoms with E-state index in [1.54, 1.807) is 18.3 Å². The fourth-order valence-electron chi connectivity index (χ4n) is 2.22. The Balaban J connectivity index is 1.62. The highest BCUT2D eigenvalue weighted by Crippen LogP contribution is 2.29. The Labute approximate surface area is 139 Å². The molecule has 0 aliphatic carbocycles. The molecule has 1 amide bonds. The van der Waals surface area contributed by atoms with E-state index in [4.69, 9.17) is 16.3 Å². The molecule has 116 valence electrons. The molecule has 0 atom stereocenters. The average Bonchev–Trinajstić information content (AvgIpc) is 2.60. The van der Waals surface area contributed by atoms with Crippen LogP contribution in [0.3, 0.4) is 0 Å². The molecule has 0 saturated heterocycles. The van der Waals surface area contributed by atoms with Crippen molar-refractivity contribution in [2.24, 2.45) is 0 Å². The molecule has 1 aromatic heterocycles. The molecule has 23 heavy (non-hydrogen) atoms. The summed E-state index contributed by atoms with van der Waals surface area (Å²) in [4.78, 5) is 16.2. The summed E-state index contributed by atoms with van der Waals surface area (Å²) in [6.07, 6.45) is 1.67. The molecule has 0 aliphatic rings. The van der Waals surface area contributed by atoms with Gasteiger partial charge < -0.3 is 10.1 Å². The van der Waals surface area contributed by atoms with E-state index < -0.39 is 0 Å². The number of pyridine rings is 1. The first kappa shape index (κ1) is 15.3. The van der Waals surface area contributed by atoms with Crippen LogP contribution >= 0.6 is 11.6 Å². The van der Waals surface area contributed by atoms with Crippen LogP contribution in [0, 0.1) is 0 Å². The van der Waals surface area contributed by atoms with Gasteiger partial charge in [0.05, 0.1) is 5.02 Å². The van der Waals surface area contributed by atoms with Crippen LogP contribution in [0.4, 0.5) is 0 Å². The maximum Gasteiger partial charge on any atom is 0.258 e. The first-order chi connectivity index (χ1) is 11.2. The Kier molecular flexibility index (Phi) is 4.74. The van der Waals surface area contributed by atoms with E-state index >= 15 is 0 Å². The van der Waals surface area contributed by atoms with E-state index in [2.05, 4.69) is 10.3 Å². The summed E-state index contributed by atoms with van der Waals surface area (Å²) >= 11 is 6.13. The van der Waals surface area contributed by atoms with Gasteiger partial charge in [-0.2, -0.15) is 0 Å². The zero-order chi connectivity index (χ0) is 16.1. The van der Waals surface area contributed by atoms with Crippen molar-refractivity contribution in [3.63, 3.8) is 0 Å². The maximum atomic E-state index is 11.9. The normalized spacial score (nSPS) is 10.5. The Morgan fingerprint density at radius 1 is 1.09 bits per heavy atom. The molecular weight excluding hydrogens is 312 g/mol. The smallest absolute Gasteiger partial charge is 0.258 e. The number of halogens is 1. The molecule has 1 N–H and O–H groups in total. The quantitative estimate of drug-likeness (QED) is 0.779. The number of fused-ring (bicyclic) bond motifs is 1. The molecule has 0 spiro atoms. The lowest BCUT2D eigenvalue weighted by Gasteiger charge is -2.10. The van der Waals surface area contributed by atoms with Crippen LogP contribution < -0.4 is 10.1 Å². The van der Waals surface area contributed by atoms with Crippen LogP contribution in [0.25, 0.3) is 10.9 Å². The minimum atomic E-state index is -0.187. The zero-order valence-electron chi connectivity index (χ0n) is 12.3. The number of amides is 1. The Morgan fingerprint density at radius 3 is 2.74 bits per heavy atom. The summed E-state index contributed by atoms with van der Waals surface area (Å²) < 4.78 is 5.59. The minimum absolute atomic E-state index is 0.0693. The number of carbonyl (C=O) groups is 1. The van der Waals surface area contributed by atoms with Gasteiger partial charge in [-0.3, -0.25) is 9.78 Å². The van der Waals surface area contributed by atoms with Gasteiger partial charge in [0.25, 0.3) is 5.91 Å². The lowest BCUT2D eigenvalue weighted by Crippen LogP contribution is -2.28. The Morgan fingerprint density at radius 2 is 1.91 bits per heavy atom. The van der Waals surface area contributed by atoms with Gasteiger partial charge in [-0.05, 0) is 29.8 Å². The van der Waals surface area contributed by atoms with Gasteiger partial charge in [0, 0.05) is 18.1 Å². The number of aromatic nitrogens is 1. The SMILES string of the molecule is O=C(COc1ccc(Cl)c2cccnc12)NCc1ccccc1. The molecule has 3 rings (SSSR count). The number of ether oxygens (including phenoxy) is 1. The summed E-state index contributed by atoms with van der Waals surface area (Å²) in [5.74, 6) is 0.354. The van der Waals surface area contributed by atoms with Crippen LogP contribution in [0.5, 0.6) is 5.75 Å². The van der Waals surface area contributed by atoms with Gasteiger partial charge in [0.1, 0.15) is 11.3 Å². The number of carbonyl (C=O) groups excluding carboxylic acids is 1. The van der Waals surface area contributed by atoms with Crippen molar-refractivity contribution < 1.29 is 9.53 Å². The van der Waals surface area contributed by atoms with Crippen molar-refractivity contribution in [3.8, 4) is 5.75 Å². The van der Waals surface area contributed by atoms with Gasteiger partial charge >= 0.3 is 0 Å². The van der Waals surface area contributed by atoms with Crippen molar-refractivity contribution in [1.82, 2.24) is 10.3 Å². The van der Waals surface area contributed by atoms with E-state index in [9.17, 15) is 4.79 Å². The standard InChI is InChI=1S/C18H15ClN2O2/c19-15-8-9-16(18-14(15)7-4-10-20-18)23-12-17(22)21-11-13-5-2-1-3-6-13/h1-10H,11-12H2,(H,21,22). The lowest BCUT2D eigenvalue weighted by atomic mass is 10.2. The molecule has 0 saturated carbocycles. The summed E-state index contributed by atoms with van der Waals surface area (Å²) in [6, 6.07) is 16.9. The summed E-state index contributed by atoms with van der Waals surface area (Å²) in [6.45, 7) is 0.406. The fourth-order valence-corrected chi connectivity index (χ4v) is 2.43. The minimum Gasteiger partial charge on any atom is -0.481 e. The van der Waals surface area contributed by atoms with E-state index in [1.807, 2.05) is 42.5 Å². The van der Waals surface area contributed by atoms with Gasteiger partial charge in [0.2, 0.25) is 0 Å². The third-order valence-electron chi connectivity index (χ3n) is 3.37. The Bertz CT molecular complexity index is 822. The van der Waals surface area contributed by atoms with E-state index in [-0.39, 0.29) is 12.5 Å². The van der Waals surface area contributed by atoms with Crippen LogP contribution in [-0.2, 0) is 11.3 Å². The van der Waals surface area contributed by atoms with E-state index in [0.29, 0.717) is 22.8 Å². The summed E-state index contributed by atoms with van der Waals surface area (Å²) in [5, 5.41) is 4.23. The first-order valence-electron chi connectivity index (χ1n) is 7.21. The highest BCUT2D eigenvalue weighted by molar-refractivity contribution is 6.35. The second-order valence-corrected chi connectivity index (χ2v) is 5.40. The maximum absolute atomic E-state index is 11.9. The van der Waals surface area contributed by atoms with Crippen molar-refractivity contribution >= 4 is 28.4 Å². The molecule has 3 aromatic rings. The number of nitrogens with zero attached hydrogens (tertiary/aromatic N) is 1. The Hall–Kier alpha value is -2.59. The highest BCUT2D eigenvalue weighted by Gasteiger charge is 2.09. The molecule has 0 radical (unpaired) electrons. The van der Waals surface area contributed by atoms with Crippen LogP contribution in [0.15, 0.2) is 60.8 Å². The van der Waals surface area contributed by atoms with Gasteiger partial charge in [-0.25, -0.2) is 0 Å². The molecule has 1 heterocycles. The average molecular weight is 327 g/mol. The lowest BCUT2D eigenvalue weighted by molar-refractivity contribution is -0.123. The van der Waals surface area contributed by atoms with E-state index in [1.165, 1.54) is 0 Å². The third-order valence-corrected chi connectivity index (χ3v) is 3.70. The van der Waals surface area contributed by atoms with Crippen molar-refractivity contribution in [2.45, 2.75) is 6.54 Å². The highest BCUT2D eigenvalue weighted by atomic mass is 35.5. The fraction of sp³-hybridized carbons (Fsp3) is 0.111.